The zero-order valence-corrected chi connectivity index (χ0v) is 15.6. The normalized spacial score (nSPS) is 19.8. The van der Waals surface area contributed by atoms with Crippen LogP contribution in [-0.4, -0.2) is 18.6 Å². The molecule has 24 heavy (non-hydrogen) atoms. The summed E-state index contributed by atoms with van der Waals surface area (Å²) < 4.78 is 13.3. The highest BCUT2D eigenvalue weighted by molar-refractivity contribution is 6.30. The maximum absolute atomic E-state index is 13.3. The second kappa shape index (κ2) is 10.1. The quantitative estimate of drug-likeness (QED) is 0.758. The van der Waals surface area contributed by atoms with Gasteiger partial charge in [-0.05, 0) is 61.7 Å². The van der Waals surface area contributed by atoms with Gasteiger partial charge in [0.1, 0.15) is 5.82 Å². The average molecular weight is 392 g/mol. The lowest BCUT2D eigenvalue weighted by Crippen LogP contribution is -2.49. The van der Waals surface area contributed by atoms with Crippen LogP contribution in [0, 0.1) is 5.82 Å². The highest BCUT2D eigenvalue weighted by Gasteiger charge is 2.24. The van der Waals surface area contributed by atoms with Gasteiger partial charge >= 0.3 is 0 Å². The van der Waals surface area contributed by atoms with Crippen molar-refractivity contribution in [1.82, 2.24) is 5.32 Å². The minimum absolute atomic E-state index is 0. The Kier molecular flexibility index (Phi) is 8.85. The standard InChI is InChI=1S/C18H20ClFN2.2ClH/c19-14-5-1-4-13(10-14)11-18-17(8-3-9-21-18)22-16-7-2-6-15(20)12-16;;/h1-2,4-7,10,12,17-18,21-22H,3,8-9,11H2;2*1H/t17-,18-;;/m0../s1. The summed E-state index contributed by atoms with van der Waals surface area (Å²) in [5, 5.41) is 7.81. The van der Waals surface area contributed by atoms with Crippen LogP contribution >= 0.6 is 36.4 Å². The summed E-state index contributed by atoms with van der Waals surface area (Å²) in [6.45, 7) is 1.02. The highest BCUT2D eigenvalue weighted by Crippen LogP contribution is 2.20. The maximum Gasteiger partial charge on any atom is 0.125 e. The van der Waals surface area contributed by atoms with Crippen molar-refractivity contribution in [1.29, 1.82) is 0 Å². The van der Waals surface area contributed by atoms with E-state index in [1.54, 1.807) is 12.1 Å². The molecule has 0 spiro atoms. The van der Waals surface area contributed by atoms with Gasteiger partial charge in [-0.25, -0.2) is 4.39 Å². The molecule has 0 aliphatic carbocycles. The highest BCUT2D eigenvalue weighted by atomic mass is 35.5. The van der Waals surface area contributed by atoms with Gasteiger partial charge in [-0.2, -0.15) is 0 Å². The number of piperidine rings is 1. The number of hydrogen-bond acceptors (Lipinski definition) is 2. The summed E-state index contributed by atoms with van der Waals surface area (Å²) in [5.41, 5.74) is 2.06. The van der Waals surface area contributed by atoms with Crippen LogP contribution in [0.5, 0.6) is 0 Å². The third-order valence-corrected chi connectivity index (χ3v) is 4.34. The molecule has 3 rings (SSSR count). The molecule has 2 atom stereocenters. The SMILES string of the molecule is Cl.Cl.Fc1cccc(N[C@H]2CCCN[C@H]2Cc2cccc(Cl)c2)c1. The Balaban J connectivity index is 0.00000144. The molecule has 0 unspecified atom stereocenters. The van der Waals surface area contributed by atoms with E-state index < -0.39 is 0 Å². The van der Waals surface area contributed by atoms with Crippen molar-refractivity contribution in [3.8, 4) is 0 Å². The minimum atomic E-state index is -0.208. The number of anilines is 1. The van der Waals surface area contributed by atoms with Crippen molar-refractivity contribution in [3.05, 3.63) is 64.9 Å². The van der Waals surface area contributed by atoms with E-state index in [2.05, 4.69) is 16.7 Å². The molecule has 1 aliphatic rings. The molecule has 2 aromatic rings. The number of benzene rings is 2. The van der Waals surface area contributed by atoms with Crippen molar-refractivity contribution in [3.63, 3.8) is 0 Å². The van der Waals surface area contributed by atoms with Gasteiger partial charge in [0.25, 0.3) is 0 Å². The average Bonchev–Trinajstić information content (AvgIpc) is 2.49. The Morgan fingerprint density at radius 3 is 2.67 bits per heavy atom. The van der Waals surface area contributed by atoms with E-state index in [9.17, 15) is 4.39 Å². The van der Waals surface area contributed by atoms with Gasteiger partial charge in [0.15, 0.2) is 0 Å². The molecular formula is C18H22Cl3FN2. The molecule has 1 heterocycles. The summed E-state index contributed by atoms with van der Waals surface area (Å²) in [6, 6.07) is 15.2. The molecule has 0 radical (unpaired) electrons. The summed E-state index contributed by atoms with van der Waals surface area (Å²) in [4.78, 5) is 0. The molecule has 1 aliphatic heterocycles. The van der Waals surface area contributed by atoms with Gasteiger partial charge in [0, 0.05) is 22.8 Å². The van der Waals surface area contributed by atoms with E-state index >= 15 is 0 Å². The van der Waals surface area contributed by atoms with Gasteiger partial charge in [-0.15, -0.1) is 24.8 Å². The number of rotatable bonds is 4. The lowest BCUT2D eigenvalue weighted by atomic mass is 9.92. The fraction of sp³-hybridized carbons (Fsp3) is 0.333. The fourth-order valence-corrected chi connectivity index (χ4v) is 3.26. The Morgan fingerprint density at radius 1 is 1.12 bits per heavy atom. The van der Waals surface area contributed by atoms with E-state index in [4.69, 9.17) is 11.6 Å². The molecule has 1 fully saturated rings. The van der Waals surface area contributed by atoms with Crippen molar-refractivity contribution in [2.45, 2.75) is 31.3 Å². The van der Waals surface area contributed by atoms with Crippen LogP contribution in [0.4, 0.5) is 10.1 Å². The summed E-state index contributed by atoms with van der Waals surface area (Å²) >= 11 is 6.07. The van der Waals surface area contributed by atoms with Crippen LogP contribution in [0.25, 0.3) is 0 Å². The predicted molar refractivity (Wildman–Crippen MR) is 104 cm³/mol. The Morgan fingerprint density at radius 2 is 1.92 bits per heavy atom. The predicted octanol–water partition coefficient (Wildman–Crippen LogP) is 5.10. The van der Waals surface area contributed by atoms with Gasteiger partial charge < -0.3 is 10.6 Å². The third-order valence-electron chi connectivity index (χ3n) is 4.11. The van der Waals surface area contributed by atoms with Gasteiger partial charge in [0.05, 0.1) is 0 Å². The lowest BCUT2D eigenvalue weighted by Gasteiger charge is -2.34. The molecule has 1 saturated heterocycles. The van der Waals surface area contributed by atoms with Crippen molar-refractivity contribution < 1.29 is 4.39 Å². The fourth-order valence-electron chi connectivity index (χ4n) is 3.05. The molecule has 2 nitrogen and oxygen atoms in total. The van der Waals surface area contributed by atoms with Gasteiger partial charge in [-0.1, -0.05) is 29.8 Å². The van der Waals surface area contributed by atoms with Gasteiger partial charge in [0.2, 0.25) is 0 Å². The smallest absolute Gasteiger partial charge is 0.125 e. The zero-order valence-electron chi connectivity index (χ0n) is 13.2. The summed E-state index contributed by atoms with van der Waals surface area (Å²) in [7, 11) is 0. The maximum atomic E-state index is 13.3. The van der Waals surface area contributed by atoms with E-state index in [0.717, 1.165) is 36.5 Å². The largest absolute Gasteiger partial charge is 0.381 e. The Labute approximate surface area is 160 Å². The van der Waals surface area contributed by atoms with Crippen molar-refractivity contribution in [2.75, 3.05) is 11.9 Å². The molecular weight excluding hydrogens is 370 g/mol. The van der Waals surface area contributed by atoms with Crippen LogP contribution in [0.1, 0.15) is 18.4 Å². The third kappa shape index (κ3) is 5.82. The minimum Gasteiger partial charge on any atom is -0.381 e. The van der Waals surface area contributed by atoms with Crippen LogP contribution < -0.4 is 10.6 Å². The van der Waals surface area contributed by atoms with Crippen LogP contribution in [-0.2, 0) is 6.42 Å². The van der Waals surface area contributed by atoms with Gasteiger partial charge in [-0.3, -0.25) is 0 Å². The molecule has 6 heteroatoms. The number of halogens is 4. The Hall–Kier alpha value is -1.00. The number of nitrogens with one attached hydrogen (secondary N) is 2. The second-order valence-corrected chi connectivity index (χ2v) is 6.23. The first-order valence-electron chi connectivity index (χ1n) is 7.70. The molecule has 0 amide bonds. The van der Waals surface area contributed by atoms with Crippen LogP contribution in [0.3, 0.4) is 0 Å². The van der Waals surface area contributed by atoms with Crippen LogP contribution in [0.15, 0.2) is 48.5 Å². The first-order chi connectivity index (χ1) is 10.7. The van der Waals surface area contributed by atoms with E-state index in [0.29, 0.717) is 6.04 Å². The van der Waals surface area contributed by atoms with E-state index in [1.807, 2.05) is 24.3 Å². The first-order valence-corrected chi connectivity index (χ1v) is 8.08. The van der Waals surface area contributed by atoms with E-state index in [1.165, 1.54) is 11.6 Å². The molecule has 132 valence electrons. The summed E-state index contributed by atoms with van der Waals surface area (Å²) in [6.07, 6.45) is 3.11. The molecule has 2 aromatic carbocycles. The lowest BCUT2D eigenvalue weighted by molar-refractivity contribution is 0.366. The summed E-state index contributed by atoms with van der Waals surface area (Å²) in [5.74, 6) is -0.208. The monoisotopic (exact) mass is 390 g/mol. The van der Waals surface area contributed by atoms with Crippen molar-refractivity contribution >= 4 is 42.1 Å². The molecule has 0 saturated carbocycles. The molecule has 0 bridgehead atoms. The Bertz CT molecular complexity index is 584. The zero-order chi connectivity index (χ0) is 15.4. The van der Waals surface area contributed by atoms with Crippen LogP contribution in [0.2, 0.25) is 5.02 Å². The van der Waals surface area contributed by atoms with E-state index in [-0.39, 0.29) is 36.7 Å². The van der Waals surface area contributed by atoms with Crippen molar-refractivity contribution in [2.24, 2.45) is 0 Å². The topological polar surface area (TPSA) is 24.1 Å². The number of hydrogen-bond donors (Lipinski definition) is 2. The molecule has 2 N–H and O–H groups in total. The first kappa shape index (κ1) is 21.0. The second-order valence-electron chi connectivity index (χ2n) is 5.80. The molecule has 0 aromatic heterocycles.